The Bertz CT molecular complexity index is 965. The maximum absolute atomic E-state index is 13.1. The van der Waals surface area contributed by atoms with E-state index < -0.39 is 11.9 Å². The molecule has 26 heavy (non-hydrogen) atoms. The van der Waals surface area contributed by atoms with Crippen molar-refractivity contribution >= 4 is 11.9 Å². The van der Waals surface area contributed by atoms with Crippen molar-refractivity contribution in [3.63, 3.8) is 0 Å². The van der Waals surface area contributed by atoms with Crippen LogP contribution in [0.3, 0.4) is 0 Å². The third-order valence-corrected chi connectivity index (χ3v) is 4.67. The van der Waals surface area contributed by atoms with Gasteiger partial charge in [0.15, 0.2) is 0 Å². The van der Waals surface area contributed by atoms with Gasteiger partial charge in [-0.3, -0.25) is 14.2 Å². The van der Waals surface area contributed by atoms with Gasteiger partial charge in [-0.25, -0.2) is 4.98 Å². The third kappa shape index (κ3) is 2.75. The fourth-order valence-electron chi connectivity index (χ4n) is 3.38. The zero-order chi connectivity index (χ0) is 18.1. The number of aromatic nitrogens is 2. The monoisotopic (exact) mass is 347 g/mol. The summed E-state index contributed by atoms with van der Waals surface area (Å²) in [5.74, 6) is -1.88. The summed E-state index contributed by atoms with van der Waals surface area (Å²) in [7, 11) is 0. The lowest BCUT2D eigenvalue weighted by atomic mass is 9.89. The minimum atomic E-state index is -0.925. The lowest BCUT2D eigenvalue weighted by Gasteiger charge is -2.32. The number of aliphatic carboxylic acids is 1. The zero-order valence-electron chi connectivity index (χ0n) is 13.9. The summed E-state index contributed by atoms with van der Waals surface area (Å²) in [6.45, 7) is 0.532. The summed E-state index contributed by atoms with van der Waals surface area (Å²) < 4.78 is 1.72. The van der Waals surface area contributed by atoms with Crippen molar-refractivity contribution in [3.05, 3.63) is 83.9 Å². The Morgan fingerprint density at radius 3 is 2.54 bits per heavy atom. The average molecular weight is 347 g/mol. The van der Waals surface area contributed by atoms with E-state index in [1.54, 1.807) is 15.8 Å². The van der Waals surface area contributed by atoms with Crippen LogP contribution in [0.15, 0.2) is 67.1 Å². The number of carboxylic acid groups (broad SMARTS) is 1. The van der Waals surface area contributed by atoms with Gasteiger partial charge in [0.05, 0.1) is 18.4 Å². The van der Waals surface area contributed by atoms with E-state index in [2.05, 4.69) is 4.98 Å². The smallest absolute Gasteiger partial charge is 0.312 e. The Kier molecular flexibility index (Phi) is 4.01. The minimum absolute atomic E-state index is 0.144. The molecule has 6 heteroatoms. The van der Waals surface area contributed by atoms with Gasteiger partial charge in [0, 0.05) is 18.8 Å². The second-order valence-electron chi connectivity index (χ2n) is 6.26. The Labute approximate surface area is 150 Å². The van der Waals surface area contributed by atoms with Gasteiger partial charge in [-0.1, -0.05) is 42.5 Å². The number of para-hydroxylation sites is 1. The highest BCUT2D eigenvalue weighted by Gasteiger charge is 2.33. The molecule has 1 aliphatic heterocycles. The largest absolute Gasteiger partial charge is 0.481 e. The molecule has 1 aliphatic rings. The first-order chi connectivity index (χ1) is 12.6. The second kappa shape index (κ2) is 6.48. The molecule has 0 fully saturated rings. The summed E-state index contributed by atoms with van der Waals surface area (Å²) in [5, 5.41) is 9.59. The number of nitrogens with zero attached hydrogens (tertiary/aromatic N) is 3. The average Bonchev–Trinajstić information content (AvgIpc) is 3.17. The number of imidazole rings is 1. The van der Waals surface area contributed by atoms with E-state index in [-0.39, 0.29) is 12.5 Å². The van der Waals surface area contributed by atoms with Crippen LogP contribution >= 0.6 is 0 Å². The maximum Gasteiger partial charge on any atom is 0.312 e. The highest BCUT2D eigenvalue weighted by atomic mass is 16.4. The standard InChI is InChI=1S/C20H17N3O3/c24-19(18-10-21-13-23(18)15-7-2-1-3-8-15)22-11-14-6-4-5-9-16(14)17(12-22)20(25)26/h1-10,13,17H,11-12H2,(H,25,26). The molecule has 0 saturated heterocycles. The molecule has 1 aromatic heterocycles. The quantitative estimate of drug-likeness (QED) is 0.790. The molecule has 0 spiro atoms. The lowest BCUT2D eigenvalue weighted by Crippen LogP contribution is -2.41. The van der Waals surface area contributed by atoms with Gasteiger partial charge >= 0.3 is 5.97 Å². The van der Waals surface area contributed by atoms with E-state index in [1.807, 2.05) is 54.6 Å². The van der Waals surface area contributed by atoms with Gasteiger partial charge in [-0.05, 0) is 23.3 Å². The van der Waals surface area contributed by atoms with Crippen molar-refractivity contribution in [2.75, 3.05) is 6.54 Å². The van der Waals surface area contributed by atoms with Crippen LogP contribution in [0.4, 0.5) is 0 Å². The first-order valence-electron chi connectivity index (χ1n) is 8.33. The number of carboxylic acids is 1. The van der Waals surface area contributed by atoms with E-state index in [1.165, 1.54) is 6.20 Å². The van der Waals surface area contributed by atoms with Gasteiger partial charge in [0.1, 0.15) is 5.69 Å². The van der Waals surface area contributed by atoms with Crippen molar-refractivity contribution in [1.82, 2.24) is 14.5 Å². The molecule has 1 N–H and O–H groups in total. The Morgan fingerprint density at radius 2 is 1.77 bits per heavy atom. The lowest BCUT2D eigenvalue weighted by molar-refractivity contribution is -0.139. The number of rotatable bonds is 3. The van der Waals surface area contributed by atoms with Crippen LogP contribution in [0, 0.1) is 0 Å². The summed E-state index contributed by atoms with van der Waals surface area (Å²) in [6.07, 6.45) is 3.11. The van der Waals surface area contributed by atoms with Gasteiger partial charge in [0.25, 0.3) is 5.91 Å². The summed E-state index contributed by atoms with van der Waals surface area (Å²) >= 11 is 0. The third-order valence-electron chi connectivity index (χ3n) is 4.67. The van der Waals surface area contributed by atoms with E-state index in [0.29, 0.717) is 12.2 Å². The zero-order valence-corrected chi connectivity index (χ0v) is 13.9. The van der Waals surface area contributed by atoms with Crippen LogP contribution in [-0.2, 0) is 11.3 Å². The molecule has 0 radical (unpaired) electrons. The molecular weight excluding hydrogens is 330 g/mol. The van der Waals surface area contributed by atoms with E-state index in [4.69, 9.17) is 0 Å². The molecule has 2 heterocycles. The van der Waals surface area contributed by atoms with Crippen LogP contribution in [0.1, 0.15) is 27.5 Å². The predicted octanol–water partition coefficient (Wildman–Crippen LogP) is 2.70. The molecular formula is C20H17N3O3. The van der Waals surface area contributed by atoms with Gasteiger partial charge < -0.3 is 10.0 Å². The van der Waals surface area contributed by atoms with E-state index >= 15 is 0 Å². The normalized spacial score (nSPS) is 16.2. The Hall–Kier alpha value is -3.41. The van der Waals surface area contributed by atoms with Gasteiger partial charge in [0.2, 0.25) is 0 Å². The fourth-order valence-corrected chi connectivity index (χ4v) is 3.38. The molecule has 2 aromatic carbocycles. The Morgan fingerprint density at radius 1 is 1.04 bits per heavy atom. The van der Waals surface area contributed by atoms with Crippen LogP contribution < -0.4 is 0 Å². The molecule has 1 unspecified atom stereocenters. The van der Waals surface area contributed by atoms with E-state index in [0.717, 1.165) is 16.8 Å². The van der Waals surface area contributed by atoms with Crippen molar-refractivity contribution in [2.24, 2.45) is 0 Å². The number of amides is 1. The van der Waals surface area contributed by atoms with Crippen LogP contribution in [0.25, 0.3) is 5.69 Å². The number of hydrogen-bond donors (Lipinski definition) is 1. The molecule has 3 aromatic rings. The molecule has 0 saturated carbocycles. The molecule has 130 valence electrons. The second-order valence-corrected chi connectivity index (χ2v) is 6.26. The predicted molar refractivity (Wildman–Crippen MR) is 95.1 cm³/mol. The number of fused-ring (bicyclic) bond motifs is 1. The molecule has 6 nitrogen and oxygen atoms in total. The first kappa shape index (κ1) is 16.1. The van der Waals surface area contributed by atoms with Crippen molar-refractivity contribution in [1.29, 1.82) is 0 Å². The maximum atomic E-state index is 13.1. The molecule has 0 bridgehead atoms. The number of carbonyl (C=O) groups is 2. The van der Waals surface area contributed by atoms with Crippen molar-refractivity contribution in [3.8, 4) is 5.69 Å². The van der Waals surface area contributed by atoms with Crippen LogP contribution in [0.2, 0.25) is 0 Å². The molecule has 4 rings (SSSR count). The number of hydrogen-bond acceptors (Lipinski definition) is 3. The van der Waals surface area contributed by atoms with Crippen molar-refractivity contribution < 1.29 is 14.7 Å². The van der Waals surface area contributed by atoms with Crippen LogP contribution in [-0.4, -0.2) is 38.0 Å². The van der Waals surface area contributed by atoms with E-state index in [9.17, 15) is 14.7 Å². The molecule has 1 amide bonds. The molecule has 1 atom stereocenters. The molecule has 0 aliphatic carbocycles. The first-order valence-corrected chi connectivity index (χ1v) is 8.33. The highest BCUT2D eigenvalue weighted by Crippen LogP contribution is 2.29. The number of benzene rings is 2. The Balaban J connectivity index is 1.68. The SMILES string of the molecule is O=C(O)C1CN(C(=O)c2cncn2-c2ccccc2)Cc2ccccc21. The van der Waals surface area contributed by atoms with Crippen LogP contribution in [0.5, 0.6) is 0 Å². The fraction of sp³-hybridized carbons (Fsp3) is 0.150. The van der Waals surface area contributed by atoms with Crippen molar-refractivity contribution in [2.45, 2.75) is 12.5 Å². The minimum Gasteiger partial charge on any atom is -0.481 e. The number of carbonyl (C=O) groups excluding carboxylic acids is 1. The van der Waals surface area contributed by atoms with Gasteiger partial charge in [-0.2, -0.15) is 0 Å². The summed E-state index contributed by atoms with van der Waals surface area (Å²) in [4.78, 5) is 30.5. The topological polar surface area (TPSA) is 75.4 Å². The van der Waals surface area contributed by atoms with Gasteiger partial charge in [-0.15, -0.1) is 0 Å². The summed E-state index contributed by atoms with van der Waals surface area (Å²) in [6, 6.07) is 16.9. The summed E-state index contributed by atoms with van der Waals surface area (Å²) in [5.41, 5.74) is 2.89. The highest BCUT2D eigenvalue weighted by molar-refractivity contribution is 5.94.